The Balaban J connectivity index is 1.66. The van der Waals surface area contributed by atoms with Crippen molar-refractivity contribution in [3.05, 3.63) is 71.8 Å². The third-order valence-corrected chi connectivity index (χ3v) is 4.90. The van der Waals surface area contributed by atoms with Gasteiger partial charge in [-0.1, -0.05) is 18.2 Å². The first-order valence-corrected chi connectivity index (χ1v) is 9.16. The second-order valence-corrected chi connectivity index (χ2v) is 6.84. The second-order valence-electron chi connectivity index (χ2n) is 6.84. The molecule has 148 valence electrons. The van der Waals surface area contributed by atoms with Crippen molar-refractivity contribution < 1.29 is 18.0 Å². The van der Waals surface area contributed by atoms with Gasteiger partial charge in [0.25, 0.3) is 0 Å². The molecule has 0 bridgehead atoms. The number of hydrogen-bond acceptors (Lipinski definition) is 4. The number of nitrogens with zero attached hydrogens (tertiary/aromatic N) is 3. The quantitative estimate of drug-likeness (QED) is 0.699. The maximum absolute atomic E-state index is 13.0. The Bertz CT molecular complexity index is 1040. The Labute approximate surface area is 165 Å². The molecular weight excluding hydrogens is 381 g/mol. The van der Waals surface area contributed by atoms with Crippen LogP contribution in [0.4, 0.5) is 19.0 Å². The summed E-state index contributed by atoms with van der Waals surface area (Å²) < 4.78 is 39.1. The number of carbonyl (C=O) groups excluding carboxylic acids is 1. The summed E-state index contributed by atoms with van der Waals surface area (Å²) in [6.07, 6.45) is 2.23. The van der Waals surface area contributed by atoms with E-state index in [9.17, 15) is 18.0 Å². The van der Waals surface area contributed by atoms with E-state index < -0.39 is 17.7 Å². The molecule has 8 heteroatoms. The van der Waals surface area contributed by atoms with Crippen LogP contribution in [-0.4, -0.2) is 20.9 Å². The van der Waals surface area contributed by atoms with E-state index in [-0.39, 0.29) is 5.91 Å². The zero-order chi connectivity index (χ0) is 20.4. The van der Waals surface area contributed by atoms with E-state index in [4.69, 9.17) is 0 Å². The van der Waals surface area contributed by atoms with E-state index in [1.54, 1.807) is 12.1 Å². The molecule has 29 heavy (non-hydrogen) atoms. The van der Waals surface area contributed by atoms with E-state index in [1.165, 1.54) is 24.7 Å². The van der Waals surface area contributed by atoms with Gasteiger partial charge in [0.05, 0.1) is 29.1 Å². The highest BCUT2D eigenvalue weighted by atomic mass is 19.4. The van der Waals surface area contributed by atoms with Gasteiger partial charge in [-0.3, -0.25) is 14.8 Å². The van der Waals surface area contributed by atoms with Crippen molar-refractivity contribution in [2.45, 2.75) is 31.4 Å². The molecule has 0 saturated heterocycles. The molecule has 1 aromatic carbocycles. The summed E-state index contributed by atoms with van der Waals surface area (Å²) in [5, 5.41) is 2.74. The number of benzene rings is 1. The number of pyridine rings is 1. The molecule has 1 N–H and O–H groups in total. The van der Waals surface area contributed by atoms with Crippen LogP contribution in [0, 0.1) is 0 Å². The molecule has 3 aromatic rings. The molecule has 1 atom stereocenters. The minimum absolute atomic E-state index is 0.250. The van der Waals surface area contributed by atoms with E-state index in [0.29, 0.717) is 29.2 Å². The minimum atomic E-state index is -4.43. The lowest BCUT2D eigenvalue weighted by Gasteiger charge is -2.24. The number of nitrogens with one attached hydrogen (secondary N) is 1. The van der Waals surface area contributed by atoms with Crippen LogP contribution in [-0.2, 0) is 17.4 Å². The van der Waals surface area contributed by atoms with Gasteiger partial charge in [-0.2, -0.15) is 13.2 Å². The number of hydrogen-bond donors (Lipinski definition) is 1. The summed E-state index contributed by atoms with van der Waals surface area (Å²) in [4.78, 5) is 25.4. The summed E-state index contributed by atoms with van der Waals surface area (Å²) in [5.41, 5.74) is 1.58. The lowest BCUT2D eigenvalue weighted by Crippen LogP contribution is -2.26. The second kappa shape index (κ2) is 7.62. The highest BCUT2D eigenvalue weighted by Gasteiger charge is 2.31. The number of carbonyl (C=O) groups is 1. The predicted molar refractivity (Wildman–Crippen MR) is 101 cm³/mol. The molecule has 0 spiro atoms. The van der Waals surface area contributed by atoms with Gasteiger partial charge < -0.3 is 5.32 Å². The molecule has 5 nitrogen and oxygen atoms in total. The first-order chi connectivity index (χ1) is 13.9. The Kier molecular flexibility index (Phi) is 5.00. The third-order valence-electron chi connectivity index (χ3n) is 4.90. The first-order valence-electron chi connectivity index (χ1n) is 9.16. The number of halogens is 3. The first kappa shape index (κ1) is 19.0. The van der Waals surface area contributed by atoms with Crippen LogP contribution in [0.5, 0.6) is 0 Å². The number of aromatic nitrogens is 3. The fourth-order valence-corrected chi connectivity index (χ4v) is 3.50. The summed E-state index contributed by atoms with van der Waals surface area (Å²) in [6, 6.07) is 8.60. The third kappa shape index (κ3) is 4.11. The van der Waals surface area contributed by atoms with Crippen molar-refractivity contribution >= 4 is 11.7 Å². The molecule has 1 unspecified atom stereocenters. The average molecular weight is 398 g/mol. The normalized spacial score (nSPS) is 16.2. The maximum atomic E-state index is 13.0. The molecule has 0 fully saturated rings. The van der Waals surface area contributed by atoms with Crippen LogP contribution in [0.1, 0.15) is 35.6 Å². The molecular formula is C21H17F3N4O. The molecule has 0 aliphatic heterocycles. The molecule has 1 aliphatic rings. The smallest absolute Gasteiger partial charge is 0.309 e. The zero-order valence-electron chi connectivity index (χ0n) is 15.3. The van der Waals surface area contributed by atoms with Crippen molar-refractivity contribution in [3.63, 3.8) is 0 Å². The largest absolute Gasteiger partial charge is 0.416 e. The zero-order valence-corrected chi connectivity index (χ0v) is 15.3. The van der Waals surface area contributed by atoms with Gasteiger partial charge in [0.1, 0.15) is 0 Å². The minimum Gasteiger partial charge on any atom is -0.309 e. The van der Waals surface area contributed by atoms with E-state index in [0.717, 1.165) is 30.5 Å². The van der Waals surface area contributed by atoms with Crippen molar-refractivity contribution in [1.82, 2.24) is 15.0 Å². The lowest BCUT2D eigenvalue weighted by atomic mass is 9.85. The van der Waals surface area contributed by atoms with Gasteiger partial charge in [-0.05, 0) is 43.0 Å². The highest BCUT2D eigenvalue weighted by molar-refractivity contribution is 5.95. The molecule has 2 aromatic heterocycles. The Hall–Kier alpha value is -3.29. The fraction of sp³-hybridized carbons (Fsp3) is 0.238. The van der Waals surface area contributed by atoms with E-state index >= 15 is 0 Å². The van der Waals surface area contributed by atoms with Crippen LogP contribution in [0.2, 0.25) is 0 Å². The Morgan fingerprint density at radius 1 is 1.14 bits per heavy atom. The van der Waals surface area contributed by atoms with Crippen LogP contribution >= 0.6 is 0 Å². The van der Waals surface area contributed by atoms with E-state index in [2.05, 4.69) is 20.3 Å². The van der Waals surface area contributed by atoms with Crippen LogP contribution < -0.4 is 5.32 Å². The summed E-state index contributed by atoms with van der Waals surface area (Å²) in [5.74, 6) is -0.398. The Morgan fingerprint density at radius 3 is 2.76 bits per heavy atom. The van der Waals surface area contributed by atoms with Gasteiger partial charge in [0.2, 0.25) is 5.91 Å². The van der Waals surface area contributed by atoms with Gasteiger partial charge in [0, 0.05) is 18.0 Å². The molecule has 4 rings (SSSR count). The van der Waals surface area contributed by atoms with Crippen molar-refractivity contribution in [2.75, 3.05) is 5.32 Å². The molecule has 0 saturated carbocycles. The van der Waals surface area contributed by atoms with Crippen LogP contribution in [0.15, 0.2) is 55.0 Å². The number of rotatable bonds is 3. The fourth-order valence-electron chi connectivity index (χ4n) is 3.50. The predicted octanol–water partition coefficient (Wildman–Crippen LogP) is 4.62. The molecule has 0 radical (unpaired) electrons. The molecule has 2 heterocycles. The number of aryl methyl sites for hydroxylation is 1. The van der Waals surface area contributed by atoms with Crippen LogP contribution in [0.3, 0.4) is 0 Å². The average Bonchev–Trinajstić information content (AvgIpc) is 2.73. The SMILES string of the molecule is O=C(Nc1cnccn1)C1CCCc2ccc(-c3cccc(C(F)(F)F)c3)nc21. The standard InChI is InChI=1S/C21H17F3N4O/c22-21(23,24)15-5-1-4-14(11-15)17-8-7-13-3-2-6-16(19(13)27-17)20(29)28-18-12-25-9-10-26-18/h1,4-5,7-12,16H,2-3,6H2,(H,26,28,29). The molecule has 1 amide bonds. The summed E-state index contributed by atoms with van der Waals surface area (Å²) in [6.45, 7) is 0. The monoisotopic (exact) mass is 398 g/mol. The summed E-state index contributed by atoms with van der Waals surface area (Å²) >= 11 is 0. The van der Waals surface area contributed by atoms with Gasteiger partial charge >= 0.3 is 6.18 Å². The van der Waals surface area contributed by atoms with Crippen molar-refractivity contribution in [3.8, 4) is 11.3 Å². The number of anilines is 1. The number of fused-ring (bicyclic) bond motifs is 1. The van der Waals surface area contributed by atoms with Gasteiger partial charge in [-0.25, -0.2) is 4.98 Å². The number of amides is 1. The van der Waals surface area contributed by atoms with Crippen molar-refractivity contribution in [1.29, 1.82) is 0 Å². The Morgan fingerprint density at radius 2 is 2.00 bits per heavy atom. The van der Waals surface area contributed by atoms with Gasteiger partial charge in [0.15, 0.2) is 5.82 Å². The maximum Gasteiger partial charge on any atom is 0.416 e. The lowest BCUT2D eigenvalue weighted by molar-refractivity contribution is -0.137. The molecule has 1 aliphatic carbocycles. The van der Waals surface area contributed by atoms with Crippen LogP contribution in [0.25, 0.3) is 11.3 Å². The number of alkyl halides is 3. The highest BCUT2D eigenvalue weighted by Crippen LogP contribution is 2.35. The van der Waals surface area contributed by atoms with E-state index in [1.807, 2.05) is 6.07 Å². The van der Waals surface area contributed by atoms with Crippen molar-refractivity contribution in [2.24, 2.45) is 0 Å². The van der Waals surface area contributed by atoms with Gasteiger partial charge in [-0.15, -0.1) is 0 Å². The summed E-state index contributed by atoms with van der Waals surface area (Å²) in [7, 11) is 0. The topological polar surface area (TPSA) is 67.8 Å².